The Morgan fingerprint density at radius 3 is 2.88 bits per heavy atom. The average molecular weight is 241 g/mol. The molecule has 90 valence electrons. The molecule has 0 amide bonds. The molecule has 1 N–H and O–H groups in total. The first-order valence-electron chi connectivity index (χ1n) is 5.93. The van der Waals surface area contributed by atoms with Gasteiger partial charge in [0.05, 0.1) is 0 Å². The van der Waals surface area contributed by atoms with Crippen molar-refractivity contribution in [2.75, 3.05) is 12.4 Å². The zero-order valence-electron chi connectivity index (χ0n) is 10.2. The SMILES string of the molecule is CCC(CCCl)CNCc1cncc(C)c1. The summed E-state index contributed by atoms with van der Waals surface area (Å²) >= 11 is 5.75. The van der Waals surface area contributed by atoms with E-state index in [9.17, 15) is 0 Å². The zero-order valence-corrected chi connectivity index (χ0v) is 10.9. The standard InChI is InChI=1S/C13H21ClN2/c1-3-12(4-5-14)8-16-10-13-6-11(2)7-15-9-13/h6-7,9,12,16H,3-5,8,10H2,1-2H3. The summed E-state index contributed by atoms with van der Waals surface area (Å²) in [4.78, 5) is 4.18. The summed E-state index contributed by atoms with van der Waals surface area (Å²) in [6, 6.07) is 2.17. The molecule has 0 radical (unpaired) electrons. The van der Waals surface area contributed by atoms with E-state index in [1.807, 2.05) is 12.4 Å². The molecule has 0 aliphatic carbocycles. The van der Waals surface area contributed by atoms with Gasteiger partial charge in [0.25, 0.3) is 0 Å². The average Bonchev–Trinajstić information content (AvgIpc) is 2.28. The van der Waals surface area contributed by atoms with E-state index in [-0.39, 0.29) is 0 Å². The van der Waals surface area contributed by atoms with Crippen molar-refractivity contribution in [3.63, 3.8) is 0 Å². The second-order valence-electron chi connectivity index (χ2n) is 4.25. The predicted octanol–water partition coefficient (Wildman–Crippen LogP) is 3.13. The lowest BCUT2D eigenvalue weighted by Gasteiger charge is -2.14. The third-order valence-corrected chi connectivity index (χ3v) is 3.01. The fourth-order valence-electron chi connectivity index (χ4n) is 1.74. The van der Waals surface area contributed by atoms with E-state index in [0.29, 0.717) is 5.92 Å². The van der Waals surface area contributed by atoms with Gasteiger partial charge in [-0.25, -0.2) is 0 Å². The Balaban J connectivity index is 2.29. The van der Waals surface area contributed by atoms with E-state index in [1.54, 1.807) is 0 Å². The van der Waals surface area contributed by atoms with Crippen LogP contribution < -0.4 is 5.32 Å². The number of aromatic nitrogens is 1. The molecule has 1 unspecified atom stereocenters. The number of pyridine rings is 1. The van der Waals surface area contributed by atoms with Gasteiger partial charge >= 0.3 is 0 Å². The first-order valence-corrected chi connectivity index (χ1v) is 6.47. The van der Waals surface area contributed by atoms with Gasteiger partial charge in [-0.05, 0) is 36.9 Å². The van der Waals surface area contributed by atoms with Gasteiger partial charge in [-0.2, -0.15) is 0 Å². The molecule has 1 atom stereocenters. The van der Waals surface area contributed by atoms with Gasteiger partial charge in [-0.15, -0.1) is 11.6 Å². The lowest BCUT2D eigenvalue weighted by Crippen LogP contribution is -2.22. The first kappa shape index (κ1) is 13.5. The molecule has 0 saturated heterocycles. The van der Waals surface area contributed by atoms with E-state index >= 15 is 0 Å². The van der Waals surface area contributed by atoms with Crippen LogP contribution in [0.2, 0.25) is 0 Å². The molecule has 1 rings (SSSR count). The van der Waals surface area contributed by atoms with Crippen LogP contribution in [0.5, 0.6) is 0 Å². The van der Waals surface area contributed by atoms with Crippen LogP contribution in [0.15, 0.2) is 18.5 Å². The van der Waals surface area contributed by atoms with Crippen LogP contribution in [0.25, 0.3) is 0 Å². The molecule has 1 heterocycles. The second-order valence-corrected chi connectivity index (χ2v) is 4.63. The van der Waals surface area contributed by atoms with Crippen LogP contribution in [0, 0.1) is 12.8 Å². The van der Waals surface area contributed by atoms with Gasteiger partial charge in [0.1, 0.15) is 0 Å². The quantitative estimate of drug-likeness (QED) is 0.741. The highest BCUT2D eigenvalue weighted by molar-refractivity contribution is 6.17. The van der Waals surface area contributed by atoms with Gasteiger partial charge in [-0.1, -0.05) is 19.4 Å². The van der Waals surface area contributed by atoms with Crippen molar-refractivity contribution in [2.24, 2.45) is 5.92 Å². The summed E-state index contributed by atoms with van der Waals surface area (Å²) < 4.78 is 0. The minimum Gasteiger partial charge on any atom is -0.312 e. The molecular formula is C13H21ClN2. The molecule has 0 saturated carbocycles. The smallest absolute Gasteiger partial charge is 0.0313 e. The molecule has 1 aromatic heterocycles. The Hall–Kier alpha value is -0.600. The van der Waals surface area contributed by atoms with E-state index in [2.05, 4.69) is 30.2 Å². The molecule has 0 spiro atoms. The first-order chi connectivity index (χ1) is 7.76. The fraction of sp³-hybridized carbons (Fsp3) is 0.615. The van der Waals surface area contributed by atoms with E-state index < -0.39 is 0 Å². The molecule has 0 bridgehead atoms. The lowest BCUT2D eigenvalue weighted by atomic mass is 10.0. The molecule has 0 aliphatic rings. The van der Waals surface area contributed by atoms with E-state index in [0.717, 1.165) is 25.4 Å². The van der Waals surface area contributed by atoms with Crippen molar-refractivity contribution < 1.29 is 0 Å². The summed E-state index contributed by atoms with van der Waals surface area (Å²) in [6.45, 7) is 6.22. The molecular weight excluding hydrogens is 220 g/mol. The number of alkyl halides is 1. The summed E-state index contributed by atoms with van der Waals surface area (Å²) in [5.74, 6) is 1.45. The van der Waals surface area contributed by atoms with Crippen LogP contribution in [0.3, 0.4) is 0 Å². The molecule has 2 nitrogen and oxygen atoms in total. The largest absolute Gasteiger partial charge is 0.312 e. The number of rotatable bonds is 7. The third kappa shape index (κ3) is 4.95. The number of nitrogens with one attached hydrogen (secondary N) is 1. The number of nitrogens with zero attached hydrogens (tertiary/aromatic N) is 1. The highest BCUT2D eigenvalue weighted by Gasteiger charge is 2.04. The maximum absolute atomic E-state index is 5.75. The normalized spacial score (nSPS) is 12.7. The molecule has 0 fully saturated rings. The Bertz CT molecular complexity index is 302. The van der Waals surface area contributed by atoms with Crippen molar-refractivity contribution in [1.82, 2.24) is 10.3 Å². The second kappa shape index (κ2) is 7.64. The van der Waals surface area contributed by atoms with Crippen molar-refractivity contribution >= 4 is 11.6 Å². The van der Waals surface area contributed by atoms with Crippen LogP contribution in [-0.2, 0) is 6.54 Å². The van der Waals surface area contributed by atoms with Crippen molar-refractivity contribution in [3.8, 4) is 0 Å². The Morgan fingerprint density at radius 1 is 1.44 bits per heavy atom. The summed E-state index contributed by atoms with van der Waals surface area (Å²) in [5, 5.41) is 3.47. The summed E-state index contributed by atoms with van der Waals surface area (Å²) in [7, 11) is 0. The topological polar surface area (TPSA) is 24.9 Å². The predicted molar refractivity (Wildman–Crippen MR) is 69.8 cm³/mol. The molecule has 3 heteroatoms. The molecule has 1 aromatic rings. The number of hydrogen-bond donors (Lipinski definition) is 1. The van der Waals surface area contributed by atoms with Crippen LogP contribution in [0.4, 0.5) is 0 Å². The number of halogens is 1. The number of hydrogen-bond acceptors (Lipinski definition) is 2. The van der Waals surface area contributed by atoms with Gasteiger partial charge in [0, 0.05) is 24.8 Å². The highest BCUT2D eigenvalue weighted by atomic mass is 35.5. The minimum atomic E-state index is 0.690. The van der Waals surface area contributed by atoms with Gasteiger partial charge in [0.2, 0.25) is 0 Å². The Kier molecular flexibility index (Phi) is 6.43. The monoisotopic (exact) mass is 240 g/mol. The Labute approximate surface area is 103 Å². The summed E-state index contributed by atoms with van der Waals surface area (Å²) in [6.07, 6.45) is 6.08. The summed E-state index contributed by atoms with van der Waals surface area (Å²) in [5.41, 5.74) is 2.47. The van der Waals surface area contributed by atoms with Crippen molar-refractivity contribution in [2.45, 2.75) is 33.2 Å². The minimum absolute atomic E-state index is 0.690. The van der Waals surface area contributed by atoms with Crippen LogP contribution in [0.1, 0.15) is 30.9 Å². The van der Waals surface area contributed by atoms with Gasteiger partial charge < -0.3 is 5.32 Å². The van der Waals surface area contributed by atoms with E-state index in [1.165, 1.54) is 17.5 Å². The molecule has 16 heavy (non-hydrogen) atoms. The van der Waals surface area contributed by atoms with Crippen LogP contribution in [-0.4, -0.2) is 17.4 Å². The van der Waals surface area contributed by atoms with Crippen molar-refractivity contribution in [3.05, 3.63) is 29.6 Å². The van der Waals surface area contributed by atoms with Gasteiger partial charge in [-0.3, -0.25) is 4.98 Å². The Morgan fingerprint density at radius 2 is 2.25 bits per heavy atom. The lowest BCUT2D eigenvalue weighted by molar-refractivity contribution is 0.451. The fourth-order valence-corrected chi connectivity index (χ4v) is 2.05. The zero-order chi connectivity index (χ0) is 11.8. The maximum atomic E-state index is 5.75. The number of aryl methyl sites for hydroxylation is 1. The van der Waals surface area contributed by atoms with Crippen molar-refractivity contribution in [1.29, 1.82) is 0 Å². The highest BCUT2D eigenvalue weighted by Crippen LogP contribution is 2.08. The van der Waals surface area contributed by atoms with Gasteiger partial charge in [0.15, 0.2) is 0 Å². The molecule has 0 aliphatic heterocycles. The van der Waals surface area contributed by atoms with Crippen LogP contribution >= 0.6 is 11.6 Å². The van der Waals surface area contributed by atoms with E-state index in [4.69, 9.17) is 11.6 Å². The maximum Gasteiger partial charge on any atom is 0.0313 e. The third-order valence-electron chi connectivity index (χ3n) is 2.79. The molecule has 0 aromatic carbocycles.